The molecule has 1 aliphatic heterocycles. The SMILES string of the molecule is Cc1ccc2c(N3CCC[C@@H](NC(=O)OC(C)(C)C)C3)nc(-c3ccccc3O)nc2c1. The van der Waals surface area contributed by atoms with E-state index < -0.39 is 11.7 Å². The normalized spacial score (nSPS) is 16.8. The number of amides is 1. The average molecular weight is 435 g/mol. The average Bonchev–Trinajstić information content (AvgIpc) is 2.72. The minimum absolute atomic E-state index is 0.0392. The summed E-state index contributed by atoms with van der Waals surface area (Å²) in [6.07, 6.45) is 1.40. The highest BCUT2D eigenvalue weighted by Crippen LogP contribution is 2.33. The van der Waals surface area contributed by atoms with Gasteiger partial charge < -0.3 is 20.1 Å². The van der Waals surface area contributed by atoms with Crippen molar-refractivity contribution < 1.29 is 14.6 Å². The highest BCUT2D eigenvalue weighted by Gasteiger charge is 2.26. The summed E-state index contributed by atoms with van der Waals surface area (Å²) in [6.45, 7) is 9.05. The Kier molecular flexibility index (Phi) is 5.91. The molecule has 0 radical (unpaired) electrons. The van der Waals surface area contributed by atoms with Crippen LogP contribution in [-0.4, -0.2) is 45.9 Å². The lowest BCUT2D eigenvalue weighted by atomic mass is 10.0. The Morgan fingerprint density at radius 2 is 1.97 bits per heavy atom. The predicted octanol–water partition coefficient (Wildman–Crippen LogP) is 4.80. The number of phenolic OH excluding ortho intramolecular Hbond substituents is 1. The van der Waals surface area contributed by atoms with Crippen LogP contribution in [0.25, 0.3) is 22.3 Å². The number of carbonyl (C=O) groups excluding carboxylic acids is 1. The number of nitrogens with zero attached hydrogens (tertiary/aromatic N) is 3. The molecule has 1 saturated heterocycles. The molecular weight excluding hydrogens is 404 g/mol. The highest BCUT2D eigenvalue weighted by molar-refractivity contribution is 5.92. The van der Waals surface area contributed by atoms with E-state index in [0.717, 1.165) is 41.7 Å². The van der Waals surface area contributed by atoms with E-state index in [1.165, 1.54) is 0 Å². The molecule has 2 heterocycles. The Labute approximate surface area is 188 Å². The first-order chi connectivity index (χ1) is 15.2. The molecule has 4 rings (SSSR count). The van der Waals surface area contributed by atoms with Crippen LogP contribution in [-0.2, 0) is 4.74 Å². The monoisotopic (exact) mass is 434 g/mol. The Bertz CT molecular complexity index is 1140. The number of benzene rings is 2. The molecule has 1 amide bonds. The number of aromatic nitrogens is 2. The van der Waals surface area contributed by atoms with Crippen LogP contribution in [0.5, 0.6) is 5.75 Å². The number of phenols is 1. The number of nitrogens with one attached hydrogen (secondary N) is 1. The second-order valence-electron chi connectivity index (χ2n) is 9.34. The summed E-state index contributed by atoms with van der Waals surface area (Å²) in [4.78, 5) is 24.1. The molecule has 7 nitrogen and oxygen atoms in total. The van der Waals surface area contributed by atoms with Crippen LogP contribution in [0, 0.1) is 6.92 Å². The summed E-state index contributed by atoms with van der Waals surface area (Å²) >= 11 is 0. The number of fused-ring (bicyclic) bond motifs is 1. The topological polar surface area (TPSA) is 87.6 Å². The molecule has 7 heteroatoms. The van der Waals surface area contributed by atoms with Gasteiger partial charge >= 0.3 is 6.09 Å². The number of rotatable bonds is 3. The zero-order valence-electron chi connectivity index (χ0n) is 19.1. The number of alkyl carbamates (subject to hydrolysis) is 1. The maximum atomic E-state index is 12.3. The molecule has 1 aromatic heterocycles. The van der Waals surface area contributed by atoms with Crippen LogP contribution in [0.4, 0.5) is 10.6 Å². The lowest BCUT2D eigenvalue weighted by Gasteiger charge is -2.35. The van der Waals surface area contributed by atoms with Crippen molar-refractivity contribution in [3.05, 3.63) is 48.0 Å². The summed E-state index contributed by atoms with van der Waals surface area (Å²) in [5.41, 5.74) is 1.99. The number of hydrogen-bond donors (Lipinski definition) is 2. The van der Waals surface area contributed by atoms with Crippen LogP contribution < -0.4 is 10.2 Å². The third kappa shape index (κ3) is 4.93. The highest BCUT2D eigenvalue weighted by atomic mass is 16.6. The first kappa shape index (κ1) is 21.9. The standard InChI is InChI=1S/C25H30N4O3/c1-16-11-12-18-20(14-16)27-22(19-9-5-6-10-21(19)30)28-23(18)29-13-7-8-17(15-29)26-24(31)32-25(2,3)4/h5-6,9-12,14,17,30H,7-8,13,15H2,1-4H3,(H,26,31)/t17-/m1/s1. The fourth-order valence-corrected chi connectivity index (χ4v) is 4.01. The molecule has 0 spiro atoms. The molecule has 1 fully saturated rings. The van der Waals surface area contributed by atoms with Crippen molar-refractivity contribution in [2.45, 2.75) is 52.2 Å². The molecule has 2 N–H and O–H groups in total. The van der Waals surface area contributed by atoms with Gasteiger partial charge in [0.25, 0.3) is 0 Å². The zero-order chi connectivity index (χ0) is 22.9. The van der Waals surface area contributed by atoms with Crippen molar-refractivity contribution >= 4 is 22.8 Å². The maximum absolute atomic E-state index is 12.3. The Balaban J connectivity index is 1.68. The van der Waals surface area contributed by atoms with E-state index in [1.54, 1.807) is 12.1 Å². The van der Waals surface area contributed by atoms with Gasteiger partial charge in [-0.2, -0.15) is 0 Å². The van der Waals surface area contributed by atoms with Crippen molar-refractivity contribution in [2.75, 3.05) is 18.0 Å². The van der Waals surface area contributed by atoms with Gasteiger partial charge in [0.2, 0.25) is 0 Å². The van der Waals surface area contributed by atoms with Gasteiger partial charge in [0.05, 0.1) is 11.1 Å². The molecule has 1 aliphatic rings. The summed E-state index contributed by atoms with van der Waals surface area (Å²) in [6, 6.07) is 13.2. The number of carbonyl (C=O) groups is 1. The van der Waals surface area contributed by atoms with Gasteiger partial charge in [-0.15, -0.1) is 0 Å². The van der Waals surface area contributed by atoms with Crippen LogP contribution in [0.2, 0.25) is 0 Å². The number of ether oxygens (including phenoxy) is 1. The van der Waals surface area contributed by atoms with E-state index in [-0.39, 0.29) is 11.8 Å². The minimum atomic E-state index is -0.536. The second kappa shape index (κ2) is 8.65. The second-order valence-corrected chi connectivity index (χ2v) is 9.34. The first-order valence-corrected chi connectivity index (χ1v) is 11.0. The van der Waals surface area contributed by atoms with Gasteiger partial charge in [-0.25, -0.2) is 14.8 Å². The fraction of sp³-hybridized carbons (Fsp3) is 0.400. The van der Waals surface area contributed by atoms with Gasteiger partial charge in [-0.05, 0) is 70.4 Å². The third-order valence-corrected chi connectivity index (χ3v) is 5.42. The number of para-hydroxylation sites is 1. The quantitative estimate of drug-likeness (QED) is 0.615. The lowest BCUT2D eigenvalue weighted by Crippen LogP contribution is -2.49. The van der Waals surface area contributed by atoms with E-state index in [0.29, 0.717) is 17.9 Å². The van der Waals surface area contributed by atoms with E-state index in [1.807, 2.05) is 52.0 Å². The van der Waals surface area contributed by atoms with Crippen molar-refractivity contribution in [1.82, 2.24) is 15.3 Å². The van der Waals surface area contributed by atoms with E-state index in [9.17, 15) is 9.90 Å². The van der Waals surface area contributed by atoms with Gasteiger partial charge in [0.15, 0.2) is 5.82 Å². The van der Waals surface area contributed by atoms with Gasteiger partial charge in [-0.3, -0.25) is 0 Å². The number of aryl methyl sites for hydroxylation is 1. The summed E-state index contributed by atoms with van der Waals surface area (Å²) in [7, 11) is 0. The molecule has 0 unspecified atom stereocenters. The Morgan fingerprint density at radius 3 is 2.72 bits per heavy atom. The minimum Gasteiger partial charge on any atom is -0.507 e. The lowest BCUT2D eigenvalue weighted by molar-refractivity contribution is 0.0500. The van der Waals surface area contributed by atoms with Crippen molar-refractivity contribution in [3.8, 4) is 17.1 Å². The summed E-state index contributed by atoms with van der Waals surface area (Å²) < 4.78 is 5.43. The van der Waals surface area contributed by atoms with Crippen LogP contribution in [0.15, 0.2) is 42.5 Å². The Hall–Kier alpha value is -3.35. The molecule has 0 bridgehead atoms. The smallest absolute Gasteiger partial charge is 0.407 e. The molecular formula is C25H30N4O3. The molecule has 2 aromatic carbocycles. The summed E-state index contributed by atoms with van der Waals surface area (Å²) in [5, 5.41) is 14.3. The zero-order valence-corrected chi connectivity index (χ0v) is 19.1. The predicted molar refractivity (Wildman–Crippen MR) is 126 cm³/mol. The molecule has 1 atom stereocenters. The fourth-order valence-electron chi connectivity index (χ4n) is 4.01. The van der Waals surface area contributed by atoms with Crippen LogP contribution in [0.3, 0.4) is 0 Å². The molecule has 0 saturated carbocycles. The number of aromatic hydroxyl groups is 1. The maximum Gasteiger partial charge on any atom is 0.407 e. The molecule has 3 aromatic rings. The van der Waals surface area contributed by atoms with E-state index in [4.69, 9.17) is 14.7 Å². The number of hydrogen-bond acceptors (Lipinski definition) is 6. The van der Waals surface area contributed by atoms with Crippen molar-refractivity contribution in [1.29, 1.82) is 0 Å². The summed E-state index contributed by atoms with van der Waals surface area (Å²) in [5.74, 6) is 1.44. The van der Waals surface area contributed by atoms with E-state index >= 15 is 0 Å². The molecule has 0 aliphatic carbocycles. The van der Waals surface area contributed by atoms with Crippen molar-refractivity contribution in [3.63, 3.8) is 0 Å². The van der Waals surface area contributed by atoms with E-state index in [2.05, 4.69) is 16.3 Å². The Morgan fingerprint density at radius 1 is 1.19 bits per heavy atom. The van der Waals surface area contributed by atoms with Crippen LogP contribution >= 0.6 is 0 Å². The third-order valence-electron chi connectivity index (χ3n) is 5.42. The van der Waals surface area contributed by atoms with Crippen LogP contribution in [0.1, 0.15) is 39.2 Å². The molecule has 32 heavy (non-hydrogen) atoms. The van der Waals surface area contributed by atoms with Gasteiger partial charge in [-0.1, -0.05) is 18.2 Å². The number of piperidine rings is 1. The van der Waals surface area contributed by atoms with Gasteiger partial charge in [0.1, 0.15) is 17.2 Å². The molecule has 168 valence electrons. The van der Waals surface area contributed by atoms with Crippen molar-refractivity contribution in [2.24, 2.45) is 0 Å². The van der Waals surface area contributed by atoms with Gasteiger partial charge in [0, 0.05) is 24.5 Å². The largest absolute Gasteiger partial charge is 0.507 e. The first-order valence-electron chi connectivity index (χ1n) is 11.0. The number of anilines is 1.